The molecule has 0 unspecified atom stereocenters. The van der Waals surface area contributed by atoms with E-state index in [9.17, 15) is 0 Å². The van der Waals surface area contributed by atoms with Gasteiger partial charge in [0.25, 0.3) is 0 Å². The van der Waals surface area contributed by atoms with Gasteiger partial charge in [0.15, 0.2) is 0 Å². The first-order chi connectivity index (χ1) is 8.31. The van der Waals surface area contributed by atoms with Gasteiger partial charge in [-0.15, -0.1) is 0 Å². The third-order valence-electron chi connectivity index (χ3n) is 2.47. The van der Waals surface area contributed by atoms with Gasteiger partial charge in [-0.2, -0.15) is 0 Å². The Balaban J connectivity index is 2.08. The van der Waals surface area contributed by atoms with Gasteiger partial charge in [-0.05, 0) is 0 Å². The van der Waals surface area contributed by atoms with Gasteiger partial charge in [-0.3, -0.25) is 0 Å². The van der Waals surface area contributed by atoms with Crippen LogP contribution in [0.15, 0.2) is 48.5 Å². The van der Waals surface area contributed by atoms with Crippen molar-refractivity contribution in [3.8, 4) is 11.5 Å². The van der Waals surface area contributed by atoms with Gasteiger partial charge in [0.1, 0.15) is 0 Å². The molecule has 0 aromatic heterocycles. The van der Waals surface area contributed by atoms with Gasteiger partial charge < -0.3 is 0 Å². The van der Waals surface area contributed by atoms with Crippen LogP contribution in [0.3, 0.4) is 0 Å². The van der Waals surface area contributed by atoms with E-state index in [4.69, 9.17) is 9.47 Å². The van der Waals surface area contributed by atoms with E-state index in [-0.39, 0.29) is 15.4 Å². The predicted octanol–water partition coefficient (Wildman–Crippen LogP) is 1.36. The van der Waals surface area contributed by atoms with Crippen LogP contribution in [-0.2, 0) is 0 Å². The van der Waals surface area contributed by atoms with Crippen LogP contribution in [0.5, 0.6) is 11.5 Å². The monoisotopic (exact) mass is 288 g/mol. The SMILES string of the molecule is COc1cc[c]([Ge][c]2ccc(OC)cc2)cc1. The Labute approximate surface area is 108 Å². The van der Waals surface area contributed by atoms with E-state index in [0.717, 1.165) is 11.5 Å². The van der Waals surface area contributed by atoms with Crippen molar-refractivity contribution in [1.82, 2.24) is 0 Å². The second-order valence-electron chi connectivity index (χ2n) is 3.58. The molecule has 0 aliphatic carbocycles. The molecule has 0 atom stereocenters. The van der Waals surface area contributed by atoms with Crippen LogP contribution in [0.4, 0.5) is 0 Å². The summed E-state index contributed by atoms with van der Waals surface area (Å²) in [6.45, 7) is 0. The number of methoxy groups -OCH3 is 2. The van der Waals surface area contributed by atoms with Gasteiger partial charge in [0, 0.05) is 0 Å². The third kappa shape index (κ3) is 3.27. The van der Waals surface area contributed by atoms with Crippen molar-refractivity contribution in [3.63, 3.8) is 0 Å². The topological polar surface area (TPSA) is 18.5 Å². The molecule has 2 rings (SSSR count). The summed E-state index contributed by atoms with van der Waals surface area (Å²) in [5.41, 5.74) is 0. The molecular formula is C14H14GeO2. The summed E-state index contributed by atoms with van der Waals surface area (Å²) < 4.78 is 13.1. The maximum absolute atomic E-state index is 5.15. The van der Waals surface area contributed by atoms with Crippen LogP contribution in [0.1, 0.15) is 0 Å². The Bertz CT molecular complexity index is 417. The average Bonchev–Trinajstić information content (AvgIpc) is 2.40. The third-order valence-corrected chi connectivity index (χ3v) is 5.08. The van der Waals surface area contributed by atoms with E-state index < -0.39 is 0 Å². The zero-order chi connectivity index (χ0) is 12.1. The van der Waals surface area contributed by atoms with Gasteiger partial charge in [-0.1, -0.05) is 0 Å². The molecule has 0 heterocycles. The van der Waals surface area contributed by atoms with E-state index in [2.05, 4.69) is 24.3 Å². The van der Waals surface area contributed by atoms with Crippen LogP contribution in [-0.4, -0.2) is 29.7 Å². The Morgan fingerprint density at radius 1 is 0.647 bits per heavy atom. The Morgan fingerprint density at radius 3 is 1.29 bits per heavy atom. The molecule has 2 aromatic carbocycles. The predicted molar refractivity (Wildman–Crippen MR) is 71.0 cm³/mol. The van der Waals surface area contributed by atoms with Gasteiger partial charge in [0.05, 0.1) is 0 Å². The summed E-state index contributed by atoms with van der Waals surface area (Å²) in [7, 11) is 3.38. The first-order valence-electron chi connectivity index (χ1n) is 5.37. The first kappa shape index (κ1) is 12.1. The number of ether oxygens (including phenoxy) is 2. The quantitative estimate of drug-likeness (QED) is 0.790. The van der Waals surface area contributed by atoms with Gasteiger partial charge in [-0.25, -0.2) is 0 Å². The van der Waals surface area contributed by atoms with Crippen molar-refractivity contribution in [2.24, 2.45) is 0 Å². The first-order valence-corrected chi connectivity index (χ1v) is 7.47. The van der Waals surface area contributed by atoms with Gasteiger partial charge in [0.2, 0.25) is 0 Å². The molecule has 0 aliphatic rings. The molecule has 2 aromatic rings. The summed E-state index contributed by atoms with van der Waals surface area (Å²) in [5.74, 6) is 1.82. The molecule has 3 heteroatoms. The van der Waals surface area contributed by atoms with E-state index in [1.165, 1.54) is 8.79 Å². The van der Waals surface area contributed by atoms with Crippen LogP contribution in [0.25, 0.3) is 0 Å². The van der Waals surface area contributed by atoms with Crippen LogP contribution in [0, 0.1) is 0 Å². The van der Waals surface area contributed by atoms with Crippen LogP contribution >= 0.6 is 0 Å². The fourth-order valence-electron chi connectivity index (χ4n) is 1.52. The molecule has 0 bridgehead atoms. The maximum atomic E-state index is 5.15. The summed E-state index contributed by atoms with van der Waals surface area (Å²) in [6, 6.07) is 16.6. The molecule has 2 radical (unpaired) electrons. The molecule has 86 valence electrons. The minimum atomic E-state index is -0.261. The fraction of sp³-hybridized carbons (Fsp3) is 0.143. The molecule has 17 heavy (non-hydrogen) atoms. The number of rotatable bonds is 4. The van der Waals surface area contributed by atoms with Crippen LogP contribution < -0.4 is 18.3 Å². The van der Waals surface area contributed by atoms with Crippen molar-refractivity contribution in [3.05, 3.63) is 48.5 Å². The van der Waals surface area contributed by atoms with E-state index in [1.807, 2.05) is 24.3 Å². The second kappa shape index (κ2) is 5.78. The minimum absolute atomic E-state index is 0.261. The van der Waals surface area contributed by atoms with Gasteiger partial charge >= 0.3 is 108 Å². The average molecular weight is 287 g/mol. The zero-order valence-corrected chi connectivity index (χ0v) is 12.0. The molecular weight excluding hydrogens is 273 g/mol. The molecule has 0 saturated heterocycles. The molecule has 2 nitrogen and oxygen atoms in total. The second-order valence-corrected chi connectivity index (χ2v) is 6.53. The van der Waals surface area contributed by atoms with Crippen molar-refractivity contribution in [2.75, 3.05) is 14.2 Å². The van der Waals surface area contributed by atoms with Crippen molar-refractivity contribution >= 4 is 24.2 Å². The molecule has 0 aliphatic heterocycles. The standard InChI is InChI=1S/C14H14GeO2/c1-16-13-7-3-11(4-8-13)15-12-5-9-14(17-2)10-6-12/h3-10H,1-2H3. The number of hydrogen-bond donors (Lipinski definition) is 0. The molecule has 0 spiro atoms. The van der Waals surface area contributed by atoms with E-state index >= 15 is 0 Å². The summed E-state index contributed by atoms with van der Waals surface area (Å²) in [6.07, 6.45) is 0. The number of benzene rings is 2. The van der Waals surface area contributed by atoms with Crippen molar-refractivity contribution in [2.45, 2.75) is 0 Å². The Kier molecular flexibility index (Phi) is 4.09. The summed E-state index contributed by atoms with van der Waals surface area (Å²) in [5, 5.41) is 0. The Morgan fingerprint density at radius 2 is 1.00 bits per heavy atom. The summed E-state index contributed by atoms with van der Waals surface area (Å²) >= 11 is -0.261. The van der Waals surface area contributed by atoms with E-state index in [0.29, 0.717) is 0 Å². The summed E-state index contributed by atoms with van der Waals surface area (Å²) in [4.78, 5) is 0. The molecule has 0 amide bonds. The van der Waals surface area contributed by atoms with Crippen molar-refractivity contribution < 1.29 is 9.47 Å². The Hall–Kier alpha value is -1.42. The van der Waals surface area contributed by atoms with E-state index in [1.54, 1.807) is 14.2 Å². The number of hydrogen-bond acceptors (Lipinski definition) is 2. The van der Waals surface area contributed by atoms with Crippen LogP contribution in [0.2, 0.25) is 0 Å². The fourth-order valence-corrected chi connectivity index (χ4v) is 3.61. The zero-order valence-electron chi connectivity index (χ0n) is 9.94. The molecule has 0 fully saturated rings. The van der Waals surface area contributed by atoms with Crippen molar-refractivity contribution in [1.29, 1.82) is 0 Å². The molecule has 0 saturated carbocycles. The molecule has 0 N–H and O–H groups in total. The normalized spacial score (nSPS) is 10.0.